The minimum atomic E-state index is -0.449. The first-order valence-corrected chi connectivity index (χ1v) is 11.6. The number of ether oxygens (including phenoxy) is 1. The van der Waals surface area contributed by atoms with Gasteiger partial charge in [0.25, 0.3) is 5.91 Å². The molecule has 1 N–H and O–H groups in total. The van der Waals surface area contributed by atoms with Crippen LogP contribution >= 0.6 is 35.3 Å². The summed E-state index contributed by atoms with van der Waals surface area (Å²) in [5.41, 5.74) is 2.64. The molecule has 10 heteroatoms. The number of benzene rings is 1. The van der Waals surface area contributed by atoms with Gasteiger partial charge in [0.1, 0.15) is 22.0 Å². The van der Waals surface area contributed by atoms with E-state index < -0.39 is 11.9 Å². The van der Waals surface area contributed by atoms with Crippen molar-refractivity contribution < 1.29 is 18.8 Å². The van der Waals surface area contributed by atoms with Gasteiger partial charge in [-0.15, -0.1) is 23.7 Å². The summed E-state index contributed by atoms with van der Waals surface area (Å²) < 4.78 is 10.4. The largest absolute Gasteiger partial charge is 0.465 e. The zero-order valence-corrected chi connectivity index (χ0v) is 21.0. The van der Waals surface area contributed by atoms with E-state index in [2.05, 4.69) is 22.3 Å². The number of carbonyl (C=O) groups excluding carboxylic acids is 2. The van der Waals surface area contributed by atoms with E-state index in [1.807, 2.05) is 6.07 Å². The van der Waals surface area contributed by atoms with Crippen LogP contribution in [0.3, 0.4) is 0 Å². The van der Waals surface area contributed by atoms with Crippen LogP contribution in [-0.2, 0) is 17.7 Å². The SMILES string of the molecule is CCCN1CCc2c(sc(NC(=O)c3c(-c4ccccc4Cl)noc3C)c2C(=O)OC)C1.Cl. The highest BCUT2D eigenvalue weighted by molar-refractivity contribution is 7.17. The van der Waals surface area contributed by atoms with Crippen molar-refractivity contribution in [3.8, 4) is 11.3 Å². The standard InChI is InChI=1S/C23H24ClN3O4S.ClH/c1-4-10-27-11-9-15-17(12-27)32-22(19(15)23(29)30-3)25-21(28)18-13(2)31-26-20(18)14-7-5-6-8-16(14)24;/h5-8H,4,9-12H2,1-3H3,(H,25,28);1H. The van der Waals surface area contributed by atoms with Crippen LogP contribution in [0.15, 0.2) is 28.8 Å². The number of fused-ring (bicyclic) bond motifs is 1. The van der Waals surface area contributed by atoms with Crippen molar-refractivity contribution in [3.63, 3.8) is 0 Å². The zero-order valence-electron chi connectivity index (χ0n) is 18.6. The Hall–Kier alpha value is -2.39. The van der Waals surface area contributed by atoms with Crippen molar-refractivity contribution in [2.45, 2.75) is 33.2 Å². The summed E-state index contributed by atoms with van der Waals surface area (Å²) in [4.78, 5) is 29.4. The molecule has 3 heterocycles. The van der Waals surface area contributed by atoms with E-state index in [-0.39, 0.29) is 18.0 Å². The quantitative estimate of drug-likeness (QED) is 0.435. The smallest absolute Gasteiger partial charge is 0.341 e. The number of methoxy groups -OCH3 is 1. The van der Waals surface area contributed by atoms with E-state index in [4.69, 9.17) is 20.9 Å². The molecule has 0 aliphatic carbocycles. The normalized spacial score (nSPS) is 13.2. The zero-order chi connectivity index (χ0) is 22.8. The van der Waals surface area contributed by atoms with Gasteiger partial charge < -0.3 is 14.6 Å². The van der Waals surface area contributed by atoms with E-state index in [0.29, 0.717) is 32.6 Å². The predicted molar refractivity (Wildman–Crippen MR) is 132 cm³/mol. The number of thiophene rings is 1. The highest BCUT2D eigenvalue weighted by Gasteiger charge is 2.31. The lowest BCUT2D eigenvalue weighted by molar-refractivity contribution is 0.0600. The second kappa shape index (κ2) is 10.7. The van der Waals surface area contributed by atoms with Crippen LogP contribution in [0, 0.1) is 6.92 Å². The van der Waals surface area contributed by atoms with E-state index in [1.165, 1.54) is 18.4 Å². The van der Waals surface area contributed by atoms with Crippen LogP contribution in [0.2, 0.25) is 5.02 Å². The van der Waals surface area contributed by atoms with Gasteiger partial charge in [-0.3, -0.25) is 9.69 Å². The first kappa shape index (κ1) is 25.2. The third-order valence-electron chi connectivity index (χ3n) is 5.51. The summed E-state index contributed by atoms with van der Waals surface area (Å²) in [6, 6.07) is 7.13. The molecule has 0 saturated carbocycles. The average molecular weight is 510 g/mol. The van der Waals surface area contributed by atoms with Gasteiger partial charge in [0.2, 0.25) is 0 Å². The van der Waals surface area contributed by atoms with Crippen molar-refractivity contribution in [3.05, 3.63) is 56.6 Å². The maximum absolute atomic E-state index is 13.3. The monoisotopic (exact) mass is 509 g/mol. The second-order valence-corrected chi connectivity index (χ2v) is 9.13. The number of esters is 1. The maximum Gasteiger partial charge on any atom is 0.341 e. The lowest BCUT2D eigenvalue weighted by Crippen LogP contribution is -2.30. The Labute approximate surface area is 207 Å². The molecule has 3 aromatic rings. The molecule has 0 unspecified atom stereocenters. The van der Waals surface area contributed by atoms with Crippen molar-refractivity contribution in [2.75, 3.05) is 25.5 Å². The Balaban J connectivity index is 0.00000306. The fourth-order valence-corrected chi connectivity index (χ4v) is 5.51. The summed E-state index contributed by atoms with van der Waals surface area (Å²) in [6.07, 6.45) is 1.80. The number of anilines is 1. The Morgan fingerprint density at radius 3 is 2.76 bits per heavy atom. The molecule has 2 aromatic heterocycles. The second-order valence-electron chi connectivity index (χ2n) is 7.62. The molecule has 1 amide bonds. The van der Waals surface area contributed by atoms with Gasteiger partial charge in [-0.05, 0) is 37.9 Å². The number of rotatable bonds is 6. The number of hydrogen-bond donors (Lipinski definition) is 1. The molecule has 33 heavy (non-hydrogen) atoms. The van der Waals surface area contributed by atoms with Crippen molar-refractivity contribution in [2.24, 2.45) is 0 Å². The number of nitrogens with one attached hydrogen (secondary N) is 1. The van der Waals surface area contributed by atoms with Gasteiger partial charge in [0.15, 0.2) is 0 Å². The van der Waals surface area contributed by atoms with Crippen LogP contribution < -0.4 is 5.32 Å². The Bertz CT molecular complexity index is 1170. The average Bonchev–Trinajstić information content (AvgIpc) is 3.33. The third kappa shape index (κ3) is 4.94. The number of aromatic nitrogens is 1. The topological polar surface area (TPSA) is 84.7 Å². The van der Waals surface area contributed by atoms with Gasteiger partial charge in [0, 0.05) is 23.5 Å². The fraction of sp³-hybridized carbons (Fsp3) is 0.348. The Morgan fingerprint density at radius 2 is 2.06 bits per heavy atom. The first-order chi connectivity index (χ1) is 15.4. The van der Waals surface area contributed by atoms with Gasteiger partial charge >= 0.3 is 5.97 Å². The third-order valence-corrected chi connectivity index (χ3v) is 6.97. The summed E-state index contributed by atoms with van der Waals surface area (Å²) in [5, 5.41) is 7.93. The minimum absolute atomic E-state index is 0. The molecular formula is C23H25Cl2N3O4S. The van der Waals surface area contributed by atoms with E-state index in [1.54, 1.807) is 25.1 Å². The van der Waals surface area contributed by atoms with Crippen LogP contribution in [0.1, 0.15) is 50.3 Å². The molecule has 0 radical (unpaired) electrons. The molecule has 176 valence electrons. The highest BCUT2D eigenvalue weighted by Crippen LogP contribution is 2.39. The van der Waals surface area contributed by atoms with Crippen LogP contribution in [0.5, 0.6) is 0 Å². The van der Waals surface area contributed by atoms with Gasteiger partial charge in [-0.2, -0.15) is 0 Å². The molecule has 0 fully saturated rings. The Morgan fingerprint density at radius 1 is 1.30 bits per heavy atom. The first-order valence-electron chi connectivity index (χ1n) is 10.4. The Kier molecular flexibility index (Phi) is 8.18. The molecule has 0 spiro atoms. The molecule has 4 rings (SSSR count). The number of aryl methyl sites for hydroxylation is 1. The summed E-state index contributed by atoms with van der Waals surface area (Å²) in [5.74, 6) is -0.490. The van der Waals surface area contributed by atoms with E-state index >= 15 is 0 Å². The number of amides is 1. The summed E-state index contributed by atoms with van der Waals surface area (Å²) in [7, 11) is 1.35. The molecule has 0 atom stereocenters. The minimum Gasteiger partial charge on any atom is -0.465 e. The lowest BCUT2D eigenvalue weighted by atomic mass is 10.0. The number of carbonyl (C=O) groups is 2. The number of nitrogens with zero attached hydrogens (tertiary/aromatic N) is 2. The fourth-order valence-electron chi connectivity index (χ4n) is 4.01. The van der Waals surface area contributed by atoms with Gasteiger partial charge in [-0.25, -0.2) is 4.79 Å². The van der Waals surface area contributed by atoms with Crippen LogP contribution in [-0.4, -0.2) is 42.1 Å². The molecule has 7 nitrogen and oxygen atoms in total. The van der Waals surface area contributed by atoms with Gasteiger partial charge in [-0.1, -0.05) is 41.9 Å². The lowest BCUT2D eigenvalue weighted by Gasteiger charge is -2.26. The van der Waals surface area contributed by atoms with Crippen molar-refractivity contribution >= 4 is 52.2 Å². The predicted octanol–water partition coefficient (Wildman–Crippen LogP) is 5.59. The molecular weight excluding hydrogens is 485 g/mol. The highest BCUT2D eigenvalue weighted by atomic mass is 35.5. The van der Waals surface area contributed by atoms with Crippen molar-refractivity contribution in [1.82, 2.24) is 10.1 Å². The number of hydrogen-bond acceptors (Lipinski definition) is 7. The van der Waals surface area contributed by atoms with Crippen molar-refractivity contribution in [1.29, 1.82) is 0 Å². The van der Waals surface area contributed by atoms with Crippen LogP contribution in [0.25, 0.3) is 11.3 Å². The summed E-state index contributed by atoms with van der Waals surface area (Å²) >= 11 is 7.74. The molecule has 0 bridgehead atoms. The van der Waals surface area contributed by atoms with E-state index in [0.717, 1.165) is 42.9 Å². The molecule has 1 aromatic carbocycles. The van der Waals surface area contributed by atoms with Gasteiger partial charge in [0.05, 0.1) is 17.7 Å². The molecule has 1 aliphatic heterocycles. The maximum atomic E-state index is 13.3. The number of halogens is 2. The van der Waals surface area contributed by atoms with E-state index in [9.17, 15) is 9.59 Å². The summed E-state index contributed by atoms with van der Waals surface area (Å²) in [6.45, 7) is 6.44. The molecule has 1 aliphatic rings. The molecule has 0 saturated heterocycles. The van der Waals surface area contributed by atoms with Crippen LogP contribution in [0.4, 0.5) is 5.00 Å².